The topological polar surface area (TPSA) is 0 Å². The summed E-state index contributed by atoms with van der Waals surface area (Å²) in [6.45, 7) is 4.55. The van der Waals surface area contributed by atoms with Crippen molar-refractivity contribution in [3.63, 3.8) is 0 Å². The van der Waals surface area contributed by atoms with E-state index >= 15 is 0 Å². The number of hydrogen-bond acceptors (Lipinski definition) is 1. The summed E-state index contributed by atoms with van der Waals surface area (Å²) < 4.78 is 0.423. The van der Waals surface area contributed by atoms with E-state index in [1.54, 1.807) is 0 Å². The van der Waals surface area contributed by atoms with Crippen LogP contribution in [0.5, 0.6) is 0 Å². The average Bonchev–Trinajstić information content (AvgIpc) is 2.14. The number of rotatable bonds is 2. The van der Waals surface area contributed by atoms with Crippen LogP contribution in [0.2, 0.25) is 0 Å². The summed E-state index contributed by atoms with van der Waals surface area (Å²) in [7, 11) is 0. The van der Waals surface area contributed by atoms with Gasteiger partial charge in [0.2, 0.25) is 0 Å². The highest BCUT2D eigenvalue weighted by molar-refractivity contribution is 8.01. The van der Waals surface area contributed by atoms with Crippen molar-refractivity contribution < 1.29 is 0 Å². The van der Waals surface area contributed by atoms with Crippen LogP contribution >= 0.6 is 11.8 Å². The molecule has 1 aliphatic rings. The minimum Gasteiger partial charge on any atom is -0.151 e. The van der Waals surface area contributed by atoms with Crippen LogP contribution in [0.15, 0.2) is 24.3 Å². The van der Waals surface area contributed by atoms with Crippen molar-refractivity contribution in [3.8, 4) is 0 Å². The Morgan fingerprint density at radius 3 is 2.31 bits per heavy atom. The van der Waals surface area contributed by atoms with Gasteiger partial charge in [0.1, 0.15) is 0 Å². The molecule has 1 heteroatoms. The summed E-state index contributed by atoms with van der Waals surface area (Å²) in [6, 6.07) is 9.12. The molecule has 0 aliphatic carbocycles. The number of hydrogen-bond donors (Lipinski definition) is 0. The van der Waals surface area contributed by atoms with Crippen LogP contribution in [0.1, 0.15) is 31.4 Å². The van der Waals surface area contributed by atoms with E-state index in [1.165, 1.54) is 23.3 Å². The number of aryl methyl sites for hydroxylation is 1. The molecule has 1 aromatic carbocycles. The Labute approximate surface area is 84.7 Å². The van der Waals surface area contributed by atoms with Crippen molar-refractivity contribution in [1.29, 1.82) is 0 Å². The summed E-state index contributed by atoms with van der Waals surface area (Å²) >= 11 is 2.07. The SMILES string of the molecule is CCc1ccc(C2(C)CCS2)cc1. The zero-order valence-electron chi connectivity index (χ0n) is 8.34. The molecule has 0 radical (unpaired) electrons. The van der Waals surface area contributed by atoms with E-state index in [0.29, 0.717) is 4.75 Å². The van der Waals surface area contributed by atoms with Crippen molar-refractivity contribution in [2.75, 3.05) is 5.75 Å². The third-order valence-corrected chi connectivity index (χ3v) is 4.46. The summed E-state index contributed by atoms with van der Waals surface area (Å²) in [4.78, 5) is 0. The molecule has 0 N–H and O–H groups in total. The Balaban J connectivity index is 2.22. The van der Waals surface area contributed by atoms with Crippen molar-refractivity contribution in [2.24, 2.45) is 0 Å². The summed E-state index contributed by atoms with van der Waals surface area (Å²) in [6.07, 6.45) is 2.48. The molecule has 0 amide bonds. The van der Waals surface area contributed by atoms with Gasteiger partial charge in [-0.15, -0.1) is 0 Å². The Kier molecular flexibility index (Phi) is 2.37. The Bertz CT molecular complexity index is 282. The zero-order chi connectivity index (χ0) is 9.31. The Hall–Kier alpha value is -0.430. The normalized spacial score (nSPS) is 26.9. The van der Waals surface area contributed by atoms with E-state index in [0.717, 1.165) is 6.42 Å². The van der Waals surface area contributed by atoms with E-state index in [1.807, 2.05) is 0 Å². The molecule has 0 nitrogen and oxygen atoms in total. The first kappa shape index (κ1) is 9.14. The van der Waals surface area contributed by atoms with E-state index in [-0.39, 0.29) is 0 Å². The largest absolute Gasteiger partial charge is 0.151 e. The van der Waals surface area contributed by atoms with E-state index < -0.39 is 0 Å². The molecule has 70 valence electrons. The quantitative estimate of drug-likeness (QED) is 0.690. The third kappa shape index (κ3) is 1.62. The van der Waals surface area contributed by atoms with Crippen LogP contribution < -0.4 is 0 Å². The molecule has 1 aliphatic heterocycles. The van der Waals surface area contributed by atoms with Gasteiger partial charge in [-0.3, -0.25) is 0 Å². The molecule has 1 saturated heterocycles. The van der Waals surface area contributed by atoms with Gasteiger partial charge in [-0.05, 0) is 36.6 Å². The molecule has 1 aromatic rings. The third-order valence-electron chi connectivity index (χ3n) is 2.97. The molecule has 13 heavy (non-hydrogen) atoms. The average molecular weight is 192 g/mol. The van der Waals surface area contributed by atoms with Crippen LogP contribution in [0.3, 0.4) is 0 Å². The molecule has 1 heterocycles. The fourth-order valence-corrected chi connectivity index (χ4v) is 2.85. The van der Waals surface area contributed by atoms with Crippen LogP contribution in [0, 0.1) is 0 Å². The summed E-state index contributed by atoms with van der Waals surface area (Å²) in [5.74, 6) is 1.33. The fourth-order valence-electron chi connectivity index (χ4n) is 1.73. The Morgan fingerprint density at radius 1 is 1.31 bits per heavy atom. The van der Waals surface area contributed by atoms with Crippen LogP contribution in [0.25, 0.3) is 0 Å². The molecule has 0 saturated carbocycles. The standard InChI is InChI=1S/C12H16S/c1-3-10-4-6-11(7-5-10)12(2)8-9-13-12/h4-7H,3,8-9H2,1-2H3. The van der Waals surface area contributed by atoms with Gasteiger partial charge >= 0.3 is 0 Å². The van der Waals surface area contributed by atoms with Crippen LogP contribution in [0.4, 0.5) is 0 Å². The summed E-state index contributed by atoms with van der Waals surface area (Å²) in [5, 5.41) is 0. The van der Waals surface area contributed by atoms with Gasteiger partial charge < -0.3 is 0 Å². The first-order chi connectivity index (χ1) is 6.24. The molecule has 1 atom stereocenters. The minimum atomic E-state index is 0.423. The second kappa shape index (κ2) is 3.38. The highest BCUT2D eigenvalue weighted by Crippen LogP contribution is 2.48. The smallest absolute Gasteiger partial charge is 0.0388 e. The lowest BCUT2D eigenvalue weighted by Crippen LogP contribution is -2.27. The molecule has 1 fully saturated rings. The summed E-state index contributed by atoms with van der Waals surface area (Å²) in [5.41, 5.74) is 2.94. The lowest BCUT2D eigenvalue weighted by Gasteiger charge is -2.38. The molecule has 0 bridgehead atoms. The van der Waals surface area contributed by atoms with E-state index in [9.17, 15) is 0 Å². The van der Waals surface area contributed by atoms with Gasteiger partial charge in [0.15, 0.2) is 0 Å². The lowest BCUT2D eigenvalue weighted by molar-refractivity contribution is 0.626. The minimum absolute atomic E-state index is 0.423. The van der Waals surface area contributed by atoms with Gasteiger partial charge in [-0.2, -0.15) is 11.8 Å². The maximum absolute atomic E-state index is 2.35. The lowest BCUT2D eigenvalue weighted by atomic mass is 9.95. The second-order valence-corrected chi connectivity index (χ2v) is 5.48. The van der Waals surface area contributed by atoms with Gasteiger partial charge in [0.05, 0.1) is 0 Å². The van der Waals surface area contributed by atoms with Crippen molar-refractivity contribution in [1.82, 2.24) is 0 Å². The molecule has 0 aromatic heterocycles. The second-order valence-electron chi connectivity index (χ2n) is 3.88. The van der Waals surface area contributed by atoms with E-state index in [2.05, 4.69) is 49.9 Å². The van der Waals surface area contributed by atoms with E-state index in [4.69, 9.17) is 0 Å². The van der Waals surface area contributed by atoms with Gasteiger partial charge in [0.25, 0.3) is 0 Å². The fraction of sp³-hybridized carbons (Fsp3) is 0.500. The van der Waals surface area contributed by atoms with Crippen molar-refractivity contribution in [3.05, 3.63) is 35.4 Å². The molecular formula is C12H16S. The predicted molar refractivity (Wildman–Crippen MR) is 60.2 cm³/mol. The molecular weight excluding hydrogens is 176 g/mol. The highest BCUT2D eigenvalue weighted by Gasteiger charge is 2.34. The maximum atomic E-state index is 2.35. The van der Waals surface area contributed by atoms with Crippen LogP contribution in [-0.4, -0.2) is 5.75 Å². The zero-order valence-corrected chi connectivity index (χ0v) is 9.16. The molecule has 1 unspecified atom stereocenters. The van der Waals surface area contributed by atoms with Gasteiger partial charge in [0, 0.05) is 4.75 Å². The number of thioether (sulfide) groups is 1. The monoisotopic (exact) mass is 192 g/mol. The van der Waals surface area contributed by atoms with Gasteiger partial charge in [-0.25, -0.2) is 0 Å². The van der Waals surface area contributed by atoms with Crippen LogP contribution in [-0.2, 0) is 11.2 Å². The maximum Gasteiger partial charge on any atom is 0.0388 e. The van der Waals surface area contributed by atoms with Crippen molar-refractivity contribution >= 4 is 11.8 Å². The first-order valence-electron chi connectivity index (χ1n) is 4.98. The Morgan fingerprint density at radius 2 is 1.92 bits per heavy atom. The highest BCUT2D eigenvalue weighted by atomic mass is 32.2. The van der Waals surface area contributed by atoms with Gasteiger partial charge in [-0.1, -0.05) is 31.2 Å². The molecule has 0 spiro atoms. The molecule has 2 rings (SSSR count). The number of benzene rings is 1. The first-order valence-corrected chi connectivity index (χ1v) is 5.96. The van der Waals surface area contributed by atoms with Crippen molar-refractivity contribution in [2.45, 2.75) is 31.4 Å². The predicted octanol–water partition coefficient (Wildman–Crippen LogP) is 3.60.